The monoisotopic (exact) mass is 488 g/mol. The van der Waals surface area contributed by atoms with Crippen molar-refractivity contribution in [1.29, 1.82) is 0 Å². The maximum atomic E-state index is 13.4. The van der Waals surface area contributed by atoms with E-state index in [9.17, 15) is 22.8 Å². The smallest absolute Gasteiger partial charge is 0.330 e. The maximum Gasteiger partial charge on any atom is 0.330 e. The lowest BCUT2D eigenvalue weighted by Crippen LogP contribution is -2.47. The van der Waals surface area contributed by atoms with Crippen molar-refractivity contribution in [2.75, 3.05) is 30.8 Å². The number of hydrogen-bond acceptors (Lipinski definition) is 7. The second kappa shape index (κ2) is 9.09. The molecule has 1 saturated heterocycles. The summed E-state index contributed by atoms with van der Waals surface area (Å²) in [6, 6.07) is 6.62. The third-order valence-electron chi connectivity index (χ3n) is 6.30. The largest absolute Gasteiger partial charge is 0.383 e. The van der Waals surface area contributed by atoms with Crippen LogP contribution in [-0.2, 0) is 21.4 Å². The number of anilines is 2. The van der Waals surface area contributed by atoms with Gasteiger partial charge in [0.05, 0.1) is 5.92 Å². The number of amidine groups is 1. The number of benzene rings is 1. The van der Waals surface area contributed by atoms with Gasteiger partial charge in [-0.05, 0) is 31.4 Å². The lowest BCUT2D eigenvalue weighted by molar-refractivity contribution is -0.123. The van der Waals surface area contributed by atoms with Gasteiger partial charge in [0, 0.05) is 32.2 Å². The number of likely N-dealkylation sites (tertiary alicyclic amines) is 1. The van der Waals surface area contributed by atoms with Crippen LogP contribution in [0.4, 0.5) is 11.5 Å². The van der Waals surface area contributed by atoms with Crippen LogP contribution >= 0.6 is 0 Å². The second-order valence-electron chi connectivity index (χ2n) is 8.57. The van der Waals surface area contributed by atoms with Crippen LogP contribution in [0.25, 0.3) is 0 Å². The number of nitrogens with two attached hydrogens (primary N) is 1. The van der Waals surface area contributed by atoms with E-state index in [2.05, 4.69) is 9.38 Å². The predicted octanol–water partition coefficient (Wildman–Crippen LogP) is 0.743. The molecule has 3 N–H and O–H groups in total. The number of sulfonamides is 1. The zero-order valence-electron chi connectivity index (χ0n) is 19.2. The molecule has 1 aromatic heterocycles. The molecule has 4 rings (SSSR count). The fraction of sp³-hybridized carbons (Fsp3) is 0.455. The molecule has 0 radical (unpaired) electrons. The molecule has 0 spiro atoms. The minimum absolute atomic E-state index is 0.0501. The quantitative estimate of drug-likeness (QED) is 0.630. The van der Waals surface area contributed by atoms with Gasteiger partial charge >= 0.3 is 5.69 Å². The Morgan fingerprint density at radius 3 is 2.76 bits per heavy atom. The van der Waals surface area contributed by atoms with E-state index in [0.29, 0.717) is 43.8 Å². The normalized spacial score (nSPS) is 18.9. The zero-order valence-corrected chi connectivity index (χ0v) is 20.0. The van der Waals surface area contributed by atoms with Crippen molar-refractivity contribution in [2.24, 2.45) is 10.3 Å². The highest BCUT2D eigenvalue weighted by Crippen LogP contribution is 2.30. The molecule has 11 nitrogen and oxygen atoms in total. The maximum absolute atomic E-state index is 13.4. The van der Waals surface area contributed by atoms with Gasteiger partial charge in [-0.3, -0.25) is 19.1 Å². The van der Waals surface area contributed by atoms with E-state index in [1.165, 1.54) is 22.6 Å². The third kappa shape index (κ3) is 4.13. The number of aromatic nitrogens is 2. The number of nitrogens with zero attached hydrogens (tertiary/aromatic N) is 4. The molecule has 34 heavy (non-hydrogen) atoms. The number of piperidine rings is 1. The molecule has 182 valence electrons. The first-order chi connectivity index (χ1) is 16.2. The van der Waals surface area contributed by atoms with Crippen molar-refractivity contribution >= 4 is 33.3 Å². The van der Waals surface area contributed by atoms with Crippen LogP contribution in [0, 0.1) is 5.92 Å². The summed E-state index contributed by atoms with van der Waals surface area (Å²) in [4.78, 5) is 43.6. The Hall–Kier alpha value is -3.41. The van der Waals surface area contributed by atoms with E-state index < -0.39 is 27.2 Å². The number of rotatable bonds is 5. The molecule has 1 unspecified atom stereocenters. The minimum Gasteiger partial charge on any atom is -0.383 e. The van der Waals surface area contributed by atoms with Crippen LogP contribution in [-0.4, -0.2) is 54.7 Å². The molecule has 1 fully saturated rings. The van der Waals surface area contributed by atoms with E-state index in [-0.39, 0.29) is 28.9 Å². The van der Waals surface area contributed by atoms with Crippen molar-refractivity contribution in [3.05, 3.63) is 50.7 Å². The van der Waals surface area contributed by atoms with Gasteiger partial charge in [-0.1, -0.05) is 25.5 Å². The summed E-state index contributed by atoms with van der Waals surface area (Å²) in [6.45, 7) is 3.11. The molecule has 2 aromatic rings. The van der Waals surface area contributed by atoms with E-state index in [4.69, 9.17) is 5.73 Å². The molecule has 12 heteroatoms. The number of amides is 1. The molecule has 1 aromatic carbocycles. The number of nitrogen functional groups attached to an aromatic ring is 1. The van der Waals surface area contributed by atoms with Gasteiger partial charge in [-0.2, -0.15) is 8.42 Å². The van der Waals surface area contributed by atoms with E-state index in [0.717, 1.165) is 6.42 Å². The average molecular weight is 489 g/mol. The summed E-state index contributed by atoms with van der Waals surface area (Å²) in [7, 11) is -2.31. The number of fused-ring (bicyclic) bond motifs is 1. The topological polar surface area (TPSA) is 151 Å². The predicted molar refractivity (Wildman–Crippen MR) is 129 cm³/mol. The molecule has 0 bridgehead atoms. The first kappa shape index (κ1) is 23.7. The summed E-state index contributed by atoms with van der Waals surface area (Å²) < 4.78 is 30.1. The van der Waals surface area contributed by atoms with Gasteiger partial charge in [-0.25, -0.2) is 4.79 Å². The van der Waals surface area contributed by atoms with Gasteiger partial charge in [0.1, 0.15) is 10.7 Å². The molecule has 0 aliphatic carbocycles. The molecular weight excluding hydrogens is 460 g/mol. The number of carbonyl (C=O) groups is 1. The SMILES string of the molecule is CCCCn1c(N)c(N(C)C(=O)C2CCCN(C3=NS(=O)(=O)c4ccccc43)C2)c(=O)[nH]c1=O. The highest BCUT2D eigenvalue weighted by molar-refractivity contribution is 7.90. The van der Waals surface area contributed by atoms with Crippen molar-refractivity contribution in [3.63, 3.8) is 0 Å². The molecule has 0 saturated carbocycles. The number of H-pyrrole nitrogens is 1. The van der Waals surface area contributed by atoms with Gasteiger partial charge in [0.2, 0.25) is 5.91 Å². The van der Waals surface area contributed by atoms with E-state index in [1.54, 1.807) is 23.1 Å². The number of hydrogen-bond donors (Lipinski definition) is 2. The van der Waals surface area contributed by atoms with Gasteiger partial charge < -0.3 is 15.5 Å². The summed E-state index contributed by atoms with van der Waals surface area (Å²) in [5, 5.41) is 0. The Labute approximate surface area is 197 Å². The number of carbonyl (C=O) groups excluding carboxylic acids is 1. The van der Waals surface area contributed by atoms with Crippen molar-refractivity contribution in [2.45, 2.75) is 44.0 Å². The van der Waals surface area contributed by atoms with Gasteiger partial charge in [0.15, 0.2) is 11.5 Å². The van der Waals surface area contributed by atoms with Crippen LogP contribution < -0.4 is 21.9 Å². The average Bonchev–Trinajstić information content (AvgIpc) is 3.09. The fourth-order valence-electron chi connectivity index (χ4n) is 4.51. The first-order valence-electron chi connectivity index (χ1n) is 11.2. The summed E-state index contributed by atoms with van der Waals surface area (Å²) in [6.07, 6.45) is 2.73. The zero-order chi connectivity index (χ0) is 24.6. The Bertz CT molecular complexity index is 1380. The van der Waals surface area contributed by atoms with Crippen molar-refractivity contribution in [3.8, 4) is 0 Å². The lowest BCUT2D eigenvalue weighted by Gasteiger charge is -2.35. The van der Waals surface area contributed by atoms with Crippen molar-refractivity contribution < 1.29 is 13.2 Å². The van der Waals surface area contributed by atoms with Crippen LogP contribution in [0.15, 0.2) is 43.1 Å². The van der Waals surface area contributed by atoms with Gasteiger partial charge in [-0.15, -0.1) is 4.40 Å². The van der Waals surface area contributed by atoms with Crippen LogP contribution in [0.2, 0.25) is 0 Å². The van der Waals surface area contributed by atoms with Crippen molar-refractivity contribution in [1.82, 2.24) is 14.5 Å². The molecular formula is C22H28N6O5S. The second-order valence-corrected chi connectivity index (χ2v) is 10.1. The Morgan fingerprint density at radius 1 is 1.29 bits per heavy atom. The highest BCUT2D eigenvalue weighted by atomic mass is 32.2. The number of aromatic amines is 1. The third-order valence-corrected chi connectivity index (χ3v) is 7.62. The van der Waals surface area contributed by atoms with E-state index in [1.807, 2.05) is 6.92 Å². The van der Waals surface area contributed by atoms with Gasteiger partial charge in [0.25, 0.3) is 15.6 Å². The lowest BCUT2D eigenvalue weighted by atomic mass is 9.95. The fourth-order valence-corrected chi connectivity index (χ4v) is 5.74. The van der Waals surface area contributed by atoms with Crippen LogP contribution in [0.1, 0.15) is 38.2 Å². The molecule has 1 atom stereocenters. The van der Waals surface area contributed by atoms with Crippen LogP contribution in [0.3, 0.4) is 0 Å². The molecule has 2 aliphatic heterocycles. The minimum atomic E-state index is -3.77. The number of unbranched alkanes of at least 4 members (excludes halogenated alkanes) is 1. The molecule has 1 amide bonds. The summed E-state index contributed by atoms with van der Waals surface area (Å²) in [5.41, 5.74) is 5.28. The highest BCUT2D eigenvalue weighted by Gasteiger charge is 2.36. The Balaban J connectivity index is 1.60. The molecule has 3 heterocycles. The summed E-state index contributed by atoms with van der Waals surface area (Å²) >= 11 is 0. The molecule has 2 aliphatic rings. The Kier molecular flexibility index (Phi) is 6.34. The number of nitrogens with one attached hydrogen (secondary N) is 1. The summed E-state index contributed by atoms with van der Waals surface area (Å²) in [5.74, 6) is -0.559. The van der Waals surface area contributed by atoms with E-state index >= 15 is 0 Å². The Morgan fingerprint density at radius 2 is 2.03 bits per heavy atom. The van der Waals surface area contributed by atoms with Crippen LogP contribution in [0.5, 0.6) is 0 Å². The first-order valence-corrected chi connectivity index (χ1v) is 12.7. The standard InChI is InChI=1S/C22H28N6O5S/c1-3-4-12-28-18(23)17(20(29)24-22(28)31)26(2)21(30)14-8-7-11-27(13-14)19-15-9-5-6-10-16(15)34(32,33)25-19/h5-6,9-10,14H,3-4,7-8,11-13,23H2,1-2H3,(H,24,29,31).